The number of anilines is 1. The second kappa shape index (κ2) is 7.81. The predicted octanol–water partition coefficient (Wildman–Crippen LogP) is 2.61. The summed E-state index contributed by atoms with van der Waals surface area (Å²) >= 11 is 1.73. The van der Waals surface area contributed by atoms with Gasteiger partial charge in [-0.15, -0.1) is 21.5 Å². The quantitative estimate of drug-likeness (QED) is 0.678. The summed E-state index contributed by atoms with van der Waals surface area (Å²) in [4.78, 5) is 21.0. The number of benzene rings is 1. The third kappa shape index (κ3) is 3.59. The highest BCUT2D eigenvalue weighted by molar-refractivity contribution is 7.09. The Morgan fingerprint density at radius 2 is 2.00 bits per heavy atom. The van der Waals surface area contributed by atoms with Crippen LogP contribution in [0.1, 0.15) is 27.0 Å². The number of nitrogens with one attached hydrogen (secondary N) is 1. The first-order valence-corrected chi connectivity index (χ1v) is 11.0. The van der Waals surface area contributed by atoms with Gasteiger partial charge in [0.2, 0.25) is 5.82 Å². The van der Waals surface area contributed by atoms with Crippen molar-refractivity contribution in [1.29, 1.82) is 0 Å². The molecule has 156 valence electrons. The summed E-state index contributed by atoms with van der Waals surface area (Å²) < 4.78 is 7.16. The van der Waals surface area contributed by atoms with Gasteiger partial charge in [0.05, 0.1) is 18.3 Å². The number of fused-ring (bicyclic) bond motifs is 2. The Bertz CT molecular complexity index is 1060. The zero-order valence-corrected chi connectivity index (χ0v) is 17.9. The monoisotopic (exact) mass is 424 g/mol. The average Bonchev–Trinajstić information content (AvgIpc) is 3.45. The topological polar surface area (TPSA) is 85.2 Å². The molecule has 4 heterocycles. The molecule has 0 radical (unpaired) electrons. The first kappa shape index (κ1) is 19.2. The lowest BCUT2D eigenvalue weighted by atomic mass is 9.89. The number of rotatable bonds is 5. The summed E-state index contributed by atoms with van der Waals surface area (Å²) in [5, 5.41) is 11.4. The Kier molecular flexibility index (Phi) is 5.00. The van der Waals surface area contributed by atoms with Gasteiger partial charge in [-0.25, -0.2) is 4.98 Å². The molecule has 0 bridgehead atoms. The smallest absolute Gasteiger partial charge is 0.293 e. The molecule has 1 fully saturated rings. The van der Waals surface area contributed by atoms with Gasteiger partial charge in [-0.05, 0) is 43.0 Å². The summed E-state index contributed by atoms with van der Waals surface area (Å²) in [6.07, 6.45) is 0.867. The SMILES string of the molecule is COc1ccc(NC(=O)c2nnc3n2C[C@H]2CN(Cc4scnc4C)C[C@@H]2C3)cc1. The summed E-state index contributed by atoms with van der Waals surface area (Å²) in [5.74, 6) is 2.88. The van der Waals surface area contributed by atoms with Crippen molar-refractivity contribution in [2.75, 3.05) is 25.5 Å². The maximum absolute atomic E-state index is 12.8. The van der Waals surface area contributed by atoms with Gasteiger partial charge in [-0.1, -0.05) is 0 Å². The van der Waals surface area contributed by atoms with Gasteiger partial charge in [0, 0.05) is 43.2 Å². The molecule has 1 amide bonds. The summed E-state index contributed by atoms with van der Waals surface area (Å²) in [6, 6.07) is 7.27. The Labute approximate surface area is 178 Å². The lowest BCUT2D eigenvalue weighted by Crippen LogP contribution is -2.31. The van der Waals surface area contributed by atoms with Gasteiger partial charge in [0.1, 0.15) is 11.6 Å². The zero-order valence-electron chi connectivity index (χ0n) is 17.0. The maximum atomic E-state index is 12.8. The van der Waals surface area contributed by atoms with Crippen molar-refractivity contribution in [3.05, 3.63) is 52.0 Å². The molecule has 0 aliphatic carbocycles. The van der Waals surface area contributed by atoms with Gasteiger partial charge in [0.15, 0.2) is 0 Å². The van der Waals surface area contributed by atoms with Crippen molar-refractivity contribution >= 4 is 22.9 Å². The van der Waals surface area contributed by atoms with Crippen LogP contribution in [0.4, 0.5) is 5.69 Å². The molecule has 1 aromatic carbocycles. The molecule has 2 aliphatic heterocycles. The van der Waals surface area contributed by atoms with E-state index in [9.17, 15) is 4.79 Å². The number of methoxy groups -OCH3 is 1. The average molecular weight is 425 g/mol. The van der Waals surface area contributed by atoms with E-state index in [0.717, 1.165) is 49.9 Å². The van der Waals surface area contributed by atoms with Crippen molar-refractivity contribution in [3.63, 3.8) is 0 Å². The fourth-order valence-corrected chi connectivity index (χ4v) is 5.28. The van der Waals surface area contributed by atoms with E-state index < -0.39 is 0 Å². The van der Waals surface area contributed by atoms with Gasteiger partial charge < -0.3 is 14.6 Å². The molecule has 0 unspecified atom stereocenters. The minimum absolute atomic E-state index is 0.229. The van der Waals surface area contributed by atoms with Crippen molar-refractivity contribution < 1.29 is 9.53 Å². The van der Waals surface area contributed by atoms with Crippen molar-refractivity contribution in [2.45, 2.75) is 26.4 Å². The highest BCUT2D eigenvalue weighted by atomic mass is 32.1. The van der Waals surface area contributed by atoms with Gasteiger partial charge in [-0.3, -0.25) is 9.69 Å². The number of ether oxygens (including phenoxy) is 1. The van der Waals surface area contributed by atoms with Crippen molar-refractivity contribution in [3.8, 4) is 5.75 Å². The van der Waals surface area contributed by atoms with E-state index in [2.05, 4.69) is 32.3 Å². The number of thiazole rings is 1. The number of aromatic nitrogens is 4. The molecule has 1 saturated heterocycles. The lowest BCUT2D eigenvalue weighted by Gasteiger charge is -2.25. The number of likely N-dealkylation sites (tertiary alicyclic amines) is 1. The fourth-order valence-electron chi connectivity index (χ4n) is 4.46. The molecular weight excluding hydrogens is 400 g/mol. The van der Waals surface area contributed by atoms with Crippen LogP contribution in [0.5, 0.6) is 5.75 Å². The third-order valence-electron chi connectivity index (χ3n) is 6.10. The zero-order chi connectivity index (χ0) is 20.7. The Hall–Kier alpha value is -2.78. The molecule has 8 nitrogen and oxygen atoms in total. The van der Waals surface area contributed by atoms with Crippen molar-refractivity contribution in [2.24, 2.45) is 11.8 Å². The van der Waals surface area contributed by atoms with Crippen molar-refractivity contribution in [1.82, 2.24) is 24.6 Å². The number of nitrogens with zero attached hydrogens (tertiary/aromatic N) is 5. The summed E-state index contributed by atoms with van der Waals surface area (Å²) in [6.45, 7) is 5.90. The van der Waals surface area contributed by atoms with Crippen LogP contribution in [0.25, 0.3) is 0 Å². The van der Waals surface area contributed by atoms with Crippen LogP contribution >= 0.6 is 11.3 Å². The van der Waals surface area contributed by atoms with Crippen LogP contribution in [0.15, 0.2) is 29.8 Å². The van der Waals surface area contributed by atoms with Gasteiger partial charge in [-0.2, -0.15) is 0 Å². The Morgan fingerprint density at radius 3 is 2.73 bits per heavy atom. The predicted molar refractivity (Wildman–Crippen MR) is 114 cm³/mol. The number of carbonyl (C=O) groups excluding carboxylic acids is 1. The summed E-state index contributed by atoms with van der Waals surface area (Å²) in [7, 11) is 1.62. The van der Waals surface area contributed by atoms with E-state index in [4.69, 9.17) is 4.74 Å². The second-order valence-electron chi connectivity index (χ2n) is 8.01. The minimum atomic E-state index is -0.229. The van der Waals surface area contributed by atoms with Crippen LogP contribution < -0.4 is 10.1 Å². The molecule has 2 aliphatic rings. The van der Waals surface area contributed by atoms with Gasteiger partial charge >= 0.3 is 0 Å². The number of amides is 1. The van der Waals surface area contributed by atoms with E-state index >= 15 is 0 Å². The molecule has 2 atom stereocenters. The molecular formula is C21H24N6O2S. The molecule has 30 heavy (non-hydrogen) atoms. The maximum Gasteiger partial charge on any atom is 0.293 e. The fraction of sp³-hybridized carbons (Fsp3) is 0.429. The lowest BCUT2D eigenvalue weighted by molar-refractivity contribution is 0.100. The van der Waals surface area contributed by atoms with Crippen LogP contribution in [0.3, 0.4) is 0 Å². The minimum Gasteiger partial charge on any atom is -0.497 e. The largest absolute Gasteiger partial charge is 0.497 e. The van der Waals surface area contributed by atoms with E-state index in [-0.39, 0.29) is 5.91 Å². The van der Waals surface area contributed by atoms with Gasteiger partial charge in [0.25, 0.3) is 5.91 Å². The molecule has 0 spiro atoms. The normalized spacial score (nSPS) is 20.6. The number of hydrogen-bond donors (Lipinski definition) is 1. The van der Waals surface area contributed by atoms with Crippen LogP contribution in [-0.2, 0) is 19.5 Å². The highest BCUT2D eigenvalue weighted by Gasteiger charge is 2.39. The summed E-state index contributed by atoms with van der Waals surface area (Å²) in [5.41, 5.74) is 3.76. The third-order valence-corrected chi connectivity index (χ3v) is 7.02. The Morgan fingerprint density at radius 1 is 1.20 bits per heavy atom. The standard InChI is InChI=1S/C21H24N6O2S/c1-13-18(30-12-22-13)11-26-8-14-7-19-24-25-20(27(19)10-15(14)9-26)21(28)23-16-3-5-17(29-2)6-4-16/h3-6,12,14-15H,7-11H2,1-2H3,(H,23,28)/t14-,15+/m0/s1. The Balaban J connectivity index is 1.27. The van der Waals surface area contributed by atoms with Crippen LogP contribution in [0, 0.1) is 18.8 Å². The molecule has 5 rings (SSSR count). The second-order valence-corrected chi connectivity index (χ2v) is 8.95. The molecule has 2 aromatic heterocycles. The first-order valence-electron chi connectivity index (χ1n) is 10.1. The van der Waals surface area contributed by atoms with E-state index in [0.29, 0.717) is 23.3 Å². The highest BCUT2D eigenvalue weighted by Crippen LogP contribution is 2.34. The number of aryl methyl sites for hydroxylation is 1. The molecule has 3 aromatic rings. The molecule has 0 saturated carbocycles. The number of hydrogen-bond acceptors (Lipinski definition) is 7. The van der Waals surface area contributed by atoms with E-state index in [1.807, 2.05) is 34.3 Å². The van der Waals surface area contributed by atoms with Crippen LogP contribution in [0.2, 0.25) is 0 Å². The number of carbonyl (C=O) groups is 1. The molecule has 1 N–H and O–H groups in total. The van der Waals surface area contributed by atoms with Crippen LogP contribution in [-0.4, -0.2) is 50.8 Å². The van der Waals surface area contributed by atoms with E-state index in [1.165, 1.54) is 4.88 Å². The molecule has 9 heteroatoms. The van der Waals surface area contributed by atoms with E-state index in [1.54, 1.807) is 18.4 Å². The first-order chi connectivity index (χ1) is 14.6.